The van der Waals surface area contributed by atoms with Gasteiger partial charge in [-0.25, -0.2) is 0 Å². The van der Waals surface area contributed by atoms with Crippen LogP contribution in [0.3, 0.4) is 0 Å². The molecule has 0 saturated carbocycles. The van der Waals surface area contributed by atoms with E-state index in [1.54, 1.807) is 0 Å². The van der Waals surface area contributed by atoms with E-state index < -0.39 is 0 Å². The quantitative estimate of drug-likeness (QED) is 0.748. The number of aryl methyl sites for hydroxylation is 1. The maximum absolute atomic E-state index is 12.2. The second-order valence-electron chi connectivity index (χ2n) is 7.60. The molecule has 146 valence electrons. The second kappa shape index (κ2) is 9.04. The molecule has 1 aromatic heterocycles. The molecular weight excluding hydrogens is 342 g/mol. The molecule has 3 rings (SSSR count). The van der Waals surface area contributed by atoms with Gasteiger partial charge in [0.15, 0.2) is 12.4 Å². The summed E-state index contributed by atoms with van der Waals surface area (Å²) in [6.45, 7) is 7.47. The van der Waals surface area contributed by atoms with Crippen molar-refractivity contribution in [3.63, 3.8) is 0 Å². The summed E-state index contributed by atoms with van der Waals surface area (Å²) in [6.07, 6.45) is 2.17. The average Bonchev–Trinajstić information content (AvgIpc) is 3.06. The Hall–Kier alpha value is -2.34. The van der Waals surface area contributed by atoms with E-state index in [1.165, 1.54) is 5.56 Å². The van der Waals surface area contributed by atoms with Gasteiger partial charge >= 0.3 is 0 Å². The van der Waals surface area contributed by atoms with Crippen molar-refractivity contribution in [2.45, 2.75) is 39.8 Å². The van der Waals surface area contributed by atoms with E-state index in [1.807, 2.05) is 49.2 Å². The first-order valence-electron chi connectivity index (χ1n) is 9.60. The van der Waals surface area contributed by atoms with Crippen LogP contribution in [-0.4, -0.2) is 47.6 Å². The van der Waals surface area contributed by atoms with Crippen molar-refractivity contribution in [2.24, 2.45) is 5.92 Å². The zero-order chi connectivity index (χ0) is 19.2. The van der Waals surface area contributed by atoms with E-state index >= 15 is 0 Å². The maximum atomic E-state index is 12.2. The Morgan fingerprint density at radius 3 is 2.59 bits per heavy atom. The molecule has 0 atom stereocenters. The fraction of sp³-hybridized carbons (Fsp3) is 0.524. The van der Waals surface area contributed by atoms with Gasteiger partial charge in [0.2, 0.25) is 0 Å². The fourth-order valence-corrected chi connectivity index (χ4v) is 3.31. The summed E-state index contributed by atoms with van der Waals surface area (Å²) in [6, 6.07) is 9.86. The van der Waals surface area contributed by atoms with Crippen LogP contribution in [0.15, 0.2) is 34.9 Å². The highest BCUT2D eigenvalue weighted by Crippen LogP contribution is 2.17. The summed E-state index contributed by atoms with van der Waals surface area (Å²) < 4.78 is 10.9. The van der Waals surface area contributed by atoms with Gasteiger partial charge in [-0.1, -0.05) is 24.2 Å². The lowest BCUT2D eigenvalue weighted by Gasteiger charge is -2.30. The van der Waals surface area contributed by atoms with E-state index in [0.29, 0.717) is 12.5 Å². The van der Waals surface area contributed by atoms with Crippen molar-refractivity contribution in [1.29, 1.82) is 0 Å². The number of benzene rings is 1. The van der Waals surface area contributed by atoms with E-state index in [-0.39, 0.29) is 12.5 Å². The minimum atomic E-state index is 0.0769. The van der Waals surface area contributed by atoms with Gasteiger partial charge < -0.3 is 14.2 Å². The van der Waals surface area contributed by atoms with Gasteiger partial charge in [0.05, 0.1) is 12.2 Å². The standard InChI is InChI=1S/C21H29N3O3/c1-16-8-10-24(11-9-16)21(25)15-26-19-6-4-18(5-7-19)13-23(3)14-20-12-17(2)22-27-20/h4-7,12,16H,8-11,13-15H2,1-3H3. The number of piperidine rings is 1. The molecule has 1 aliphatic heterocycles. The Morgan fingerprint density at radius 2 is 1.96 bits per heavy atom. The monoisotopic (exact) mass is 371 g/mol. The van der Waals surface area contributed by atoms with Crippen LogP contribution >= 0.6 is 0 Å². The molecule has 0 N–H and O–H groups in total. The van der Waals surface area contributed by atoms with Crippen LogP contribution in [0, 0.1) is 12.8 Å². The Bertz CT molecular complexity index is 733. The van der Waals surface area contributed by atoms with Gasteiger partial charge in [-0.3, -0.25) is 9.69 Å². The van der Waals surface area contributed by atoms with Gasteiger partial charge in [-0.15, -0.1) is 0 Å². The molecule has 1 fully saturated rings. The third-order valence-electron chi connectivity index (χ3n) is 4.98. The number of aromatic nitrogens is 1. The zero-order valence-corrected chi connectivity index (χ0v) is 16.5. The van der Waals surface area contributed by atoms with Crippen LogP contribution in [0.4, 0.5) is 0 Å². The molecular formula is C21H29N3O3. The van der Waals surface area contributed by atoms with Crippen molar-refractivity contribution >= 4 is 5.91 Å². The summed E-state index contributed by atoms with van der Waals surface area (Å²) in [4.78, 5) is 16.3. The number of amides is 1. The Morgan fingerprint density at radius 1 is 1.26 bits per heavy atom. The lowest BCUT2D eigenvalue weighted by Crippen LogP contribution is -2.40. The zero-order valence-electron chi connectivity index (χ0n) is 16.5. The molecule has 1 aromatic carbocycles. The predicted molar refractivity (Wildman–Crippen MR) is 103 cm³/mol. The van der Waals surface area contributed by atoms with Gasteiger partial charge in [0, 0.05) is 25.7 Å². The Kier molecular flexibility index (Phi) is 6.50. The van der Waals surface area contributed by atoms with E-state index in [2.05, 4.69) is 17.0 Å². The molecule has 2 heterocycles. The van der Waals surface area contributed by atoms with Crippen LogP contribution in [0.2, 0.25) is 0 Å². The topological polar surface area (TPSA) is 58.8 Å². The smallest absolute Gasteiger partial charge is 0.260 e. The number of hydrogen-bond acceptors (Lipinski definition) is 5. The van der Waals surface area contributed by atoms with Crippen molar-refractivity contribution in [2.75, 3.05) is 26.7 Å². The number of carbonyl (C=O) groups excluding carboxylic acids is 1. The normalized spacial score (nSPS) is 15.3. The number of rotatable bonds is 7. The van der Waals surface area contributed by atoms with Crippen LogP contribution < -0.4 is 4.74 Å². The van der Waals surface area contributed by atoms with Crippen LogP contribution in [0.5, 0.6) is 5.75 Å². The lowest BCUT2D eigenvalue weighted by atomic mass is 9.99. The van der Waals surface area contributed by atoms with Crippen LogP contribution in [0.1, 0.15) is 36.8 Å². The predicted octanol–water partition coefficient (Wildman–Crippen LogP) is 3.25. The van der Waals surface area contributed by atoms with Crippen molar-refractivity contribution in [1.82, 2.24) is 15.0 Å². The minimum absolute atomic E-state index is 0.0769. The number of nitrogens with zero attached hydrogens (tertiary/aromatic N) is 3. The Balaban J connectivity index is 1.43. The van der Waals surface area contributed by atoms with E-state index in [9.17, 15) is 4.79 Å². The molecule has 0 radical (unpaired) electrons. The number of likely N-dealkylation sites (tertiary alicyclic amines) is 1. The number of ether oxygens (including phenoxy) is 1. The van der Waals surface area contributed by atoms with Crippen molar-refractivity contribution in [3.8, 4) is 5.75 Å². The fourth-order valence-electron chi connectivity index (χ4n) is 3.31. The molecule has 27 heavy (non-hydrogen) atoms. The summed E-state index contributed by atoms with van der Waals surface area (Å²) in [5.41, 5.74) is 2.07. The lowest BCUT2D eigenvalue weighted by molar-refractivity contribution is -0.134. The Labute approximate surface area is 161 Å². The molecule has 0 unspecified atom stereocenters. The highest BCUT2D eigenvalue weighted by molar-refractivity contribution is 5.77. The van der Waals surface area contributed by atoms with E-state index in [4.69, 9.17) is 9.26 Å². The van der Waals surface area contributed by atoms with Gasteiger partial charge in [0.25, 0.3) is 5.91 Å². The molecule has 1 aliphatic rings. The van der Waals surface area contributed by atoms with E-state index in [0.717, 1.165) is 49.7 Å². The minimum Gasteiger partial charge on any atom is -0.484 e. The van der Waals surface area contributed by atoms with Crippen molar-refractivity contribution < 1.29 is 14.1 Å². The average molecular weight is 371 g/mol. The molecule has 0 aliphatic carbocycles. The van der Waals surface area contributed by atoms with Gasteiger partial charge in [-0.2, -0.15) is 0 Å². The summed E-state index contributed by atoms with van der Waals surface area (Å²) in [7, 11) is 2.04. The number of hydrogen-bond donors (Lipinski definition) is 0. The largest absolute Gasteiger partial charge is 0.484 e. The third-order valence-corrected chi connectivity index (χ3v) is 4.98. The van der Waals surface area contributed by atoms with Gasteiger partial charge in [-0.05, 0) is 50.4 Å². The molecule has 1 amide bonds. The van der Waals surface area contributed by atoms with Crippen LogP contribution in [-0.2, 0) is 17.9 Å². The first-order chi connectivity index (χ1) is 13.0. The first kappa shape index (κ1) is 19.4. The molecule has 0 spiro atoms. The third kappa shape index (κ3) is 5.82. The first-order valence-corrected chi connectivity index (χ1v) is 9.60. The second-order valence-corrected chi connectivity index (χ2v) is 7.60. The molecule has 0 bridgehead atoms. The summed E-state index contributed by atoms with van der Waals surface area (Å²) in [5.74, 6) is 2.38. The summed E-state index contributed by atoms with van der Waals surface area (Å²) in [5, 5.41) is 3.91. The molecule has 1 saturated heterocycles. The highest BCUT2D eigenvalue weighted by Gasteiger charge is 2.20. The maximum Gasteiger partial charge on any atom is 0.260 e. The highest BCUT2D eigenvalue weighted by atomic mass is 16.5. The van der Waals surface area contributed by atoms with Crippen LogP contribution in [0.25, 0.3) is 0 Å². The molecule has 2 aromatic rings. The number of carbonyl (C=O) groups is 1. The van der Waals surface area contributed by atoms with Crippen molar-refractivity contribution in [3.05, 3.63) is 47.3 Å². The SMILES string of the molecule is Cc1cc(CN(C)Cc2ccc(OCC(=O)N3CCC(C)CC3)cc2)on1. The summed E-state index contributed by atoms with van der Waals surface area (Å²) >= 11 is 0. The molecule has 6 heteroatoms. The van der Waals surface area contributed by atoms with Gasteiger partial charge in [0.1, 0.15) is 5.75 Å². The molecule has 6 nitrogen and oxygen atoms in total.